The highest BCUT2D eigenvalue weighted by Crippen LogP contribution is 2.20. The molecule has 1 unspecified atom stereocenters. The van der Waals surface area contributed by atoms with Gasteiger partial charge in [-0.3, -0.25) is 0 Å². The van der Waals surface area contributed by atoms with E-state index in [-0.39, 0.29) is 0 Å². The van der Waals surface area contributed by atoms with Crippen LogP contribution < -0.4 is 10.1 Å². The topological polar surface area (TPSA) is 67.3 Å². The Labute approximate surface area is 95.9 Å². The van der Waals surface area contributed by atoms with E-state index in [4.69, 9.17) is 4.74 Å². The normalized spacial score (nSPS) is 14.3. The zero-order valence-corrected chi connectivity index (χ0v) is 10.2. The lowest BCUT2D eigenvalue weighted by Gasteiger charge is -2.22. The van der Waals surface area contributed by atoms with Crippen LogP contribution in [0.25, 0.3) is 0 Å². The van der Waals surface area contributed by atoms with E-state index in [1.807, 2.05) is 13.8 Å². The number of rotatable bonds is 5. The van der Waals surface area contributed by atoms with Gasteiger partial charge in [0.25, 0.3) is 0 Å². The molecule has 0 aliphatic rings. The van der Waals surface area contributed by atoms with E-state index in [2.05, 4.69) is 15.3 Å². The molecule has 0 saturated heterocycles. The summed E-state index contributed by atoms with van der Waals surface area (Å²) in [7, 11) is 1.57. The highest BCUT2D eigenvalue weighted by Gasteiger charge is 2.18. The molecule has 1 rings (SSSR count). The van der Waals surface area contributed by atoms with Gasteiger partial charge in [-0.25, -0.2) is 9.97 Å². The van der Waals surface area contributed by atoms with E-state index < -0.39 is 5.60 Å². The van der Waals surface area contributed by atoms with Crippen LogP contribution in [-0.4, -0.2) is 34.3 Å². The molecule has 0 fully saturated rings. The first-order valence-corrected chi connectivity index (χ1v) is 5.32. The number of hydrogen-bond acceptors (Lipinski definition) is 5. The Hall–Kier alpha value is -1.36. The summed E-state index contributed by atoms with van der Waals surface area (Å²) < 4.78 is 5.09. The molecule has 0 aliphatic carbocycles. The Morgan fingerprint density at radius 2 is 2.19 bits per heavy atom. The van der Waals surface area contributed by atoms with Crippen LogP contribution in [0.5, 0.6) is 5.88 Å². The second-order valence-electron chi connectivity index (χ2n) is 4.06. The van der Waals surface area contributed by atoms with Crippen molar-refractivity contribution in [2.24, 2.45) is 0 Å². The lowest BCUT2D eigenvalue weighted by Crippen LogP contribution is -2.32. The second kappa shape index (κ2) is 5.12. The van der Waals surface area contributed by atoms with Gasteiger partial charge in [0, 0.05) is 6.54 Å². The zero-order valence-electron chi connectivity index (χ0n) is 10.2. The van der Waals surface area contributed by atoms with Gasteiger partial charge in [0.1, 0.15) is 12.1 Å². The van der Waals surface area contributed by atoms with Crippen LogP contribution in [0.3, 0.4) is 0 Å². The molecular weight excluding hydrogens is 206 g/mol. The monoisotopic (exact) mass is 225 g/mol. The van der Waals surface area contributed by atoms with Crippen molar-refractivity contribution in [2.75, 3.05) is 19.0 Å². The van der Waals surface area contributed by atoms with Gasteiger partial charge in [0.2, 0.25) is 5.88 Å². The lowest BCUT2D eigenvalue weighted by atomic mass is 10.0. The molecule has 0 aromatic carbocycles. The van der Waals surface area contributed by atoms with Crippen LogP contribution in [0.1, 0.15) is 25.8 Å². The Bertz CT molecular complexity index is 353. The summed E-state index contributed by atoms with van der Waals surface area (Å²) in [6.45, 7) is 6.05. The summed E-state index contributed by atoms with van der Waals surface area (Å²) in [5.41, 5.74) is 0.113. The molecular formula is C11H19N3O2. The number of aliphatic hydroxyl groups is 1. The molecule has 90 valence electrons. The molecule has 1 heterocycles. The molecule has 0 amide bonds. The van der Waals surface area contributed by atoms with Crippen molar-refractivity contribution in [2.45, 2.75) is 32.8 Å². The van der Waals surface area contributed by atoms with Crippen LogP contribution >= 0.6 is 0 Å². The number of nitrogens with one attached hydrogen (secondary N) is 1. The Morgan fingerprint density at radius 3 is 2.75 bits per heavy atom. The molecule has 1 aromatic heterocycles. The van der Waals surface area contributed by atoms with Crippen molar-refractivity contribution >= 4 is 5.82 Å². The van der Waals surface area contributed by atoms with Crippen LogP contribution in [0.2, 0.25) is 0 Å². The van der Waals surface area contributed by atoms with Crippen molar-refractivity contribution in [3.63, 3.8) is 0 Å². The summed E-state index contributed by atoms with van der Waals surface area (Å²) in [6, 6.07) is 0. The largest absolute Gasteiger partial charge is 0.481 e. The van der Waals surface area contributed by atoms with Gasteiger partial charge < -0.3 is 15.2 Å². The van der Waals surface area contributed by atoms with Crippen LogP contribution in [0.15, 0.2) is 6.33 Å². The van der Waals surface area contributed by atoms with Gasteiger partial charge in [0.15, 0.2) is 0 Å². The number of ether oxygens (including phenoxy) is 1. The van der Waals surface area contributed by atoms with Gasteiger partial charge in [-0.1, -0.05) is 6.92 Å². The summed E-state index contributed by atoms with van der Waals surface area (Å²) in [5, 5.41) is 13.0. The average Bonchev–Trinajstić information content (AvgIpc) is 2.28. The van der Waals surface area contributed by atoms with Crippen LogP contribution in [0.4, 0.5) is 5.82 Å². The van der Waals surface area contributed by atoms with Gasteiger partial charge in [-0.15, -0.1) is 0 Å². The van der Waals surface area contributed by atoms with Crippen molar-refractivity contribution in [1.29, 1.82) is 0 Å². The third kappa shape index (κ3) is 3.06. The van der Waals surface area contributed by atoms with Crippen molar-refractivity contribution in [3.8, 4) is 5.88 Å². The molecule has 5 heteroatoms. The molecule has 1 aromatic rings. The second-order valence-corrected chi connectivity index (χ2v) is 4.06. The maximum absolute atomic E-state index is 9.86. The van der Waals surface area contributed by atoms with Gasteiger partial charge >= 0.3 is 0 Å². The summed E-state index contributed by atoms with van der Waals surface area (Å²) in [4.78, 5) is 8.10. The fourth-order valence-corrected chi connectivity index (χ4v) is 1.22. The predicted octanol–water partition coefficient (Wildman–Crippen LogP) is 1.37. The number of anilines is 1. The van der Waals surface area contributed by atoms with Crippen molar-refractivity contribution in [1.82, 2.24) is 9.97 Å². The zero-order chi connectivity index (χ0) is 12.2. The van der Waals surface area contributed by atoms with Crippen molar-refractivity contribution < 1.29 is 9.84 Å². The first kappa shape index (κ1) is 12.7. The minimum Gasteiger partial charge on any atom is -0.481 e. The van der Waals surface area contributed by atoms with Crippen molar-refractivity contribution in [3.05, 3.63) is 11.9 Å². The van der Waals surface area contributed by atoms with E-state index in [1.165, 1.54) is 6.33 Å². The fraction of sp³-hybridized carbons (Fsp3) is 0.636. The van der Waals surface area contributed by atoms with E-state index in [0.717, 1.165) is 5.56 Å². The van der Waals surface area contributed by atoms with E-state index in [0.29, 0.717) is 24.7 Å². The number of aromatic nitrogens is 2. The highest BCUT2D eigenvalue weighted by atomic mass is 16.5. The lowest BCUT2D eigenvalue weighted by molar-refractivity contribution is 0.0696. The summed E-state index contributed by atoms with van der Waals surface area (Å²) in [6.07, 6.45) is 2.12. The predicted molar refractivity (Wildman–Crippen MR) is 62.7 cm³/mol. The van der Waals surface area contributed by atoms with Crippen LogP contribution in [-0.2, 0) is 0 Å². The van der Waals surface area contributed by atoms with Gasteiger partial charge in [0.05, 0.1) is 18.3 Å². The average molecular weight is 225 g/mol. The number of hydrogen-bond donors (Lipinski definition) is 2. The molecule has 1 atom stereocenters. The minimum absolute atomic E-state index is 0.449. The molecule has 2 N–H and O–H groups in total. The number of methoxy groups -OCH3 is 1. The highest BCUT2D eigenvalue weighted by molar-refractivity contribution is 5.47. The molecule has 0 radical (unpaired) electrons. The van der Waals surface area contributed by atoms with Crippen LogP contribution in [0, 0.1) is 6.92 Å². The third-order valence-electron chi connectivity index (χ3n) is 2.63. The SMILES string of the molecule is CCC(C)(O)CNc1ncnc(OC)c1C. The van der Waals surface area contributed by atoms with E-state index in [9.17, 15) is 5.11 Å². The smallest absolute Gasteiger partial charge is 0.221 e. The molecule has 5 nitrogen and oxygen atoms in total. The maximum Gasteiger partial charge on any atom is 0.221 e. The van der Waals surface area contributed by atoms with E-state index in [1.54, 1.807) is 14.0 Å². The molecule has 16 heavy (non-hydrogen) atoms. The maximum atomic E-state index is 9.86. The standard InChI is InChI=1S/C11H19N3O2/c1-5-11(3,15)6-12-9-8(2)10(16-4)14-7-13-9/h7,15H,5-6H2,1-4H3,(H,12,13,14). The quantitative estimate of drug-likeness (QED) is 0.792. The minimum atomic E-state index is -0.732. The Balaban J connectivity index is 2.75. The Morgan fingerprint density at radius 1 is 1.50 bits per heavy atom. The number of nitrogens with zero attached hydrogens (tertiary/aromatic N) is 2. The van der Waals surface area contributed by atoms with Gasteiger partial charge in [-0.05, 0) is 20.3 Å². The van der Waals surface area contributed by atoms with Gasteiger partial charge in [-0.2, -0.15) is 0 Å². The third-order valence-corrected chi connectivity index (χ3v) is 2.63. The molecule has 0 spiro atoms. The molecule has 0 aliphatic heterocycles. The first-order valence-electron chi connectivity index (χ1n) is 5.32. The molecule has 0 bridgehead atoms. The first-order chi connectivity index (χ1) is 7.50. The van der Waals surface area contributed by atoms with E-state index >= 15 is 0 Å². The molecule has 0 saturated carbocycles. The Kier molecular flexibility index (Phi) is 4.06. The summed E-state index contributed by atoms with van der Waals surface area (Å²) >= 11 is 0. The summed E-state index contributed by atoms with van der Waals surface area (Å²) in [5.74, 6) is 1.24. The fourth-order valence-electron chi connectivity index (χ4n) is 1.22.